The molecule has 39 heavy (non-hydrogen) atoms. The maximum absolute atomic E-state index is 13.3. The highest BCUT2D eigenvalue weighted by Crippen LogP contribution is 2.48. The minimum atomic E-state index is -3.92. The standard InChI is InChI=1S/C28H40O10S/c1-6-11-37-28-25(36-12-7-10-29)15-20(16-26(28)39(31,32)17-18(2)30)22-9-8-21(38-22)19-13-23(33-3)27(35-5)24(14-19)34-4/h13-16,18,21-22,29-30H,6-12,17H2,1-5H3. The van der Waals surface area contributed by atoms with Gasteiger partial charge in [-0.15, -0.1) is 0 Å². The summed E-state index contributed by atoms with van der Waals surface area (Å²) in [6.07, 6.45) is 0.553. The van der Waals surface area contributed by atoms with Crippen LogP contribution in [0.15, 0.2) is 29.2 Å². The van der Waals surface area contributed by atoms with E-state index in [9.17, 15) is 18.6 Å². The van der Waals surface area contributed by atoms with Crippen molar-refractivity contribution in [2.24, 2.45) is 0 Å². The van der Waals surface area contributed by atoms with Crippen LogP contribution in [0, 0.1) is 0 Å². The summed E-state index contributed by atoms with van der Waals surface area (Å²) < 4.78 is 61.3. The molecular weight excluding hydrogens is 528 g/mol. The van der Waals surface area contributed by atoms with Gasteiger partial charge >= 0.3 is 0 Å². The molecule has 3 unspecified atom stereocenters. The zero-order valence-corrected chi connectivity index (χ0v) is 24.1. The van der Waals surface area contributed by atoms with Gasteiger partial charge in [0.2, 0.25) is 5.75 Å². The number of benzene rings is 2. The lowest BCUT2D eigenvalue weighted by Crippen LogP contribution is -2.19. The van der Waals surface area contributed by atoms with Gasteiger partial charge in [-0.3, -0.25) is 0 Å². The third-order valence-electron chi connectivity index (χ3n) is 6.30. The van der Waals surface area contributed by atoms with E-state index in [1.807, 2.05) is 19.1 Å². The van der Waals surface area contributed by atoms with Crippen LogP contribution in [0.5, 0.6) is 28.7 Å². The zero-order chi connectivity index (χ0) is 28.6. The van der Waals surface area contributed by atoms with Crippen LogP contribution in [-0.2, 0) is 14.6 Å². The van der Waals surface area contributed by atoms with Crippen molar-refractivity contribution in [3.8, 4) is 28.7 Å². The van der Waals surface area contributed by atoms with Crippen LogP contribution in [0.2, 0.25) is 0 Å². The SMILES string of the molecule is CCCOc1c(OCCCO)cc(C2CCC(c3cc(OC)c(OC)c(OC)c3)O2)cc1S(=O)(=O)CC(C)O. The Kier molecular flexibility index (Phi) is 11.1. The highest BCUT2D eigenvalue weighted by molar-refractivity contribution is 7.91. The van der Waals surface area contributed by atoms with Gasteiger partial charge in [0.1, 0.15) is 4.90 Å². The Bertz CT molecular complexity index is 1170. The molecule has 1 fully saturated rings. The van der Waals surface area contributed by atoms with E-state index in [0.717, 1.165) is 5.56 Å². The average molecular weight is 569 g/mol. The fourth-order valence-electron chi connectivity index (χ4n) is 4.54. The predicted molar refractivity (Wildman–Crippen MR) is 145 cm³/mol. The first kappa shape index (κ1) is 30.8. The Morgan fingerprint density at radius 1 is 0.897 bits per heavy atom. The van der Waals surface area contributed by atoms with Gasteiger partial charge in [0, 0.05) is 13.0 Å². The van der Waals surface area contributed by atoms with Crippen LogP contribution in [-0.4, -0.2) is 71.6 Å². The number of methoxy groups -OCH3 is 3. The molecule has 0 aliphatic carbocycles. The van der Waals surface area contributed by atoms with E-state index in [4.69, 9.17) is 28.4 Å². The molecule has 2 N–H and O–H groups in total. The molecule has 0 aromatic heterocycles. The van der Waals surface area contributed by atoms with Crippen molar-refractivity contribution in [2.45, 2.75) is 62.7 Å². The summed E-state index contributed by atoms with van der Waals surface area (Å²) >= 11 is 0. The van der Waals surface area contributed by atoms with E-state index in [1.165, 1.54) is 6.92 Å². The summed E-state index contributed by atoms with van der Waals surface area (Å²) in [5.41, 5.74) is 1.47. The van der Waals surface area contributed by atoms with Crippen LogP contribution in [0.4, 0.5) is 0 Å². The molecule has 0 bridgehead atoms. The van der Waals surface area contributed by atoms with Crippen molar-refractivity contribution in [1.82, 2.24) is 0 Å². The van der Waals surface area contributed by atoms with Gasteiger partial charge in [-0.05, 0) is 61.6 Å². The van der Waals surface area contributed by atoms with E-state index in [1.54, 1.807) is 33.5 Å². The summed E-state index contributed by atoms with van der Waals surface area (Å²) in [6, 6.07) is 6.99. The number of aliphatic hydroxyl groups excluding tert-OH is 2. The second kappa shape index (κ2) is 14.1. The zero-order valence-electron chi connectivity index (χ0n) is 23.3. The third-order valence-corrected chi connectivity index (χ3v) is 8.19. The first-order valence-electron chi connectivity index (χ1n) is 13.1. The number of hydrogen-bond donors (Lipinski definition) is 2. The topological polar surface area (TPSA) is 130 Å². The Morgan fingerprint density at radius 2 is 1.49 bits per heavy atom. The molecule has 11 heteroatoms. The monoisotopic (exact) mass is 568 g/mol. The molecule has 1 aliphatic rings. The Hall–Kier alpha value is -2.73. The molecule has 1 aliphatic heterocycles. The first-order chi connectivity index (χ1) is 18.7. The Morgan fingerprint density at radius 3 is 2.00 bits per heavy atom. The Balaban J connectivity index is 2.03. The quantitative estimate of drug-likeness (QED) is 0.304. The van der Waals surface area contributed by atoms with E-state index in [2.05, 4.69) is 0 Å². The lowest BCUT2D eigenvalue weighted by molar-refractivity contribution is 0.0434. The van der Waals surface area contributed by atoms with Crippen LogP contribution in [0.25, 0.3) is 0 Å². The van der Waals surface area contributed by atoms with Gasteiger partial charge in [-0.2, -0.15) is 0 Å². The smallest absolute Gasteiger partial charge is 0.203 e. The minimum Gasteiger partial charge on any atom is -0.493 e. The summed E-state index contributed by atoms with van der Waals surface area (Å²) in [5.74, 6) is 1.43. The lowest BCUT2D eigenvalue weighted by Gasteiger charge is -2.21. The van der Waals surface area contributed by atoms with Crippen molar-refractivity contribution < 1.29 is 47.1 Å². The maximum atomic E-state index is 13.3. The molecular formula is C28H40O10S. The molecule has 1 heterocycles. The molecule has 3 rings (SSSR count). The predicted octanol–water partition coefficient (Wildman–Crippen LogP) is 4.01. The van der Waals surface area contributed by atoms with E-state index in [0.29, 0.717) is 48.5 Å². The van der Waals surface area contributed by atoms with Crippen LogP contribution >= 0.6 is 0 Å². The van der Waals surface area contributed by atoms with Crippen molar-refractivity contribution in [3.63, 3.8) is 0 Å². The molecule has 0 saturated carbocycles. The number of ether oxygens (including phenoxy) is 6. The van der Waals surface area contributed by atoms with E-state index in [-0.39, 0.29) is 42.3 Å². The third kappa shape index (κ3) is 7.47. The fourth-order valence-corrected chi connectivity index (χ4v) is 6.11. The van der Waals surface area contributed by atoms with E-state index >= 15 is 0 Å². The van der Waals surface area contributed by atoms with Crippen molar-refractivity contribution >= 4 is 9.84 Å². The van der Waals surface area contributed by atoms with Gasteiger partial charge in [0.15, 0.2) is 32.8 Å². The first-order valence-corrected chi connectivity index (χ1v) is 14.7. The normalized spacial score (nSPS) is 18.0. The summed E-state index contributed by atoms with van der Waals surface area (Å²) in [4.78, 5) is -0.0480. The average Bonchev–Trinajstić information content (AvgIpc) is 3.41. The van der Waals surface area contributed by atoms with Gasteiger partial charge < -0.3 is 38.6 Å². The Labute approximate surface area is 230 Å². The second-order valence-electron chi connectivity index (χ2n) is 9.40. The van der Waals surface area contributed by atoms with Gasteiger partial charge in [-0.1, -0.05) is 6.92 Å². The number of aliphatic hydroxyl groups is 2. The summed E-state index contributed by atoms with van der Waals surface area (Å²) in [5, 5.41) is 19.1. The summed E-state index contributed by atoms with van der Waals surface area (Å²) in [6.45, 7) is 3.74. The molecule has 10 nitrogen and oxygen atoms in total. The summed E-state index contributed by atoms with van der Waals surface area (Å²) in [7, 11) is 0.718. The van der Waals surface area contributed by atoms with Crippen LogP contribution in [0.3, 0.4) is 0 Å². The number of rotatable bonds is 15. The number of hydrogen-bond acceptors (Lipinski definition) is 10. The molecule has 3 atom stereocenters. The largest absolute Gasteiger partial charge is 0.493 e. The van der Waals surface area contributed by atoms with E-state index < -0.39 is 27.8 Å². The molecule has 218 valence electrons. The molecule has 1 saturated heterocycles. The molecule has 0 amide bonds. The van der Waals surface area contributed by atoms with Gasteiger partial charge in [-0.25, -0.2) is 8.42 Å². The second-order valence-corrected chi connectivity index (χ2v) is 11.4. The number of sulfone groups is 1. The van der Waals surface area contributed by atoms with Gasteiger partial charge in [0.05, 0.1) is 58.6 Å². The molecule has 2 aromatic carbocycles. The van der Waals surface area contributed by atoms with Crippen molar-refractivity contribution in [2.75, 3.05) is 46.9 Å². The van der Waals surface area contributed by atoms with Crippen molar-refractivity contribution in [3.05, 3.63) is 35.4 Å². The van der Waals surface area contributed by atoms with Crippen LogP contribution in [0.1, 0.15) is 62.9 Å². The molecule has 0 spiro atoms. The molecule has 0 radical (unpaired) electrons. The maximum Gasteiger partial charge on any atom is 0.203 e. The molecule has 2 aromatic rings. The highest BCUT2D eigenvalue weighted by atomic mass is 32.2. The minimum absolute atomic E-state index is 0.0480. The highest BCUT2D eigenvalue weighted by Gasteiger charge is 2.33. The fraction of sp³-hybridized carbons (Fsp3) is 0.571. The van der Waals surface area contributed by atoms with Gasteiger partial charge in [0.25, 0.3) is 0 Å². The lowest BCUT2D eigenvalue weighted by atomic mass is 10.0. The van der Waals surface area contributed by atoms with Crippen LogP contribution < -0.4 is 23.7 Å². The van der Waals surface area contributed by atoms with Crippen molar-refractivity contribution in [1.29, 1.82) is 0 Å².